The molecule has 1 atom stereocenters. The van der Waals surface area contributed by atoms with Crippen LogP contribution in [0.1, 0.15) is 36.7 Å². The number of carbonyl (C=O) groups excluding carboxylic acids is 2. The lowest BCUT2D eigenvalue weighted by atomic mass is 10.2. The normalized spacial score (nSPS) is 12.5. The fraction of sp³-hybridized carbons (Fsp3) is 0.333. The number of sulfonamides is 1. The van der Waals surface area contributed by atoms with Gasteiger partial charge in [-0.2, -0.15) is 4.31 Å². The maximum atomic E-state index is 12.8. The highest BCUT2D eigenvalue weighted by molar-refractivity contribution is 7.89. The molecule has 2 aromatic rings. The van der Waals surface area contributed by atoms with Crippen molar-refractivity contribution in [3.63, 3.8) is 0 Å². The van der Waals surface area contributed by atoms with Crippen LogP contribution in [0.4, 0.5) is 5.69 Å². The van der Waals surface area contributed by atoms with E-state index in [1.54, 1.807) is 26.0 Å². The Hall–Kier alpha value is -2.42. The lowest BCUT2D eigenvalue weighted by Gasteiger charge is -2.20. The number of halogens is 1. The van der Waals surface area contributed by atoms with Crippen LogP contribution in [0.25, 0.3) is 0 Å². The number of benzene rings is 2. The van der Waals surface area contributed by atoms with E-state index < -0.39 is 28.0 Å². The van der Waals surface area contributed by atoms with Crippen molar-refractivity contribution in [3.8, 4) is 0 Å². The topological polar surface area (TPSA) is 92.8 Å². The maximum Gasteiger partial charge on any atom is 0.338 e. The molecular weight excluding hydrogens is 428 g/mol. The van der Waals surface area contributed by atoms with E-state index in [4.69, 9.17) is 16.3 Å². The molecule has 1 amide bonds. The minimum atomic E-state index is -3.86. The highest BCUT2D eigenvalue weighted by Crippen LogP contribution is 2.26. The van der Waals surface area contributed by atoms with E-state index in [0.717, 1.165) is 5.56 Å². The monoisotopic (exact) mass is 452 g/mol. The zero-order valence-electron chi connectivity index (χ0n) is 17.3. The summed E-state index contributed by atoms with van der Waals surface area (Å²) in [6, 6.07) is 11.1. The number of ether oxygens (including phenoxy) is 1. The molecule has 1 N–H and O–H groups in total. The molecular formula is C21H25ClN2O5S. The Morgan fingerprint density at radius 1 is 1.13 bits per heavy atom. The fourth-order valence-corrected chi connectivity index (χ4v) is 4.72. The van der Waals surface area contributed by atoms with Crippen molar-refractivity contribution in [1.82, 2.24) is 4.31 Å². The second-order valence-corrected chi connectivity index (χ2v) is 8.90. The first-order valence-corrected chi connectivity index (χ1v) is 11.3. The standard InChI is InChI=1S/C21H25ClN2O5S/c1-5-24(6-2)30(27,28)19-13-16(11-12-17(19)22)21(26)29-15(4)20(25)23-18-10-8-7-9-14(18)3/h7-13,15H,5-6H2,1-4H3,(H,23,25). The van der Waals surface area contributed by atoms with E-state index in [1.807, 2.05) is 19.1 Å². The van der Waals surface area contributed by atoms with Gasteiger partial charge < -0.3 is 10.1 Å². The number of nitrogens with zero attached hydrogens (tertiary/aromatic N) is 1. The van der Waals surface area contributed by atoms with Gasteiger partial charge in [-0.25, -0.2) is 13.2 Å². The molecule has 0 aliphatic rings. The Kier molecular flexibility index (Phi) is 8.00. The van der Waals surface area contributed by atoms with Crippen LogP contribution >= 0.6 is 11.6 Å². The Labute approximate surface area is 182 Å². The number of hydrogen-bond donors (Lipinski definition) is 1. The maximum absolute atomic E-state index is 12.8. The summed E-state index contributed by atoms with van der Waals surface area (Å²) in [5, 5.41) is 2.71. The molecule has 1 unspecified atom stereocenters. The number of rotatable bonds is 8. The van der Waals surface area contributed by atoms with Gasteiger partial charge in [0.1, 0.15) is 4.90 Å². The minimum Gasteiger partial charge on any atom is -0.449 e. The van der Waals surface area contributed by atoms with E-state index in [2.05, 4.69) is 5.32 Å². The Balaban J connectivity index is 2.19. The second-order valence-electron chi connectivity index (χ2n) is 6.59. The van der Waals surface area contributed by atoms with Gasteiger partial charge in [0.15, 0.2) is 6.10 Å². The summed E-state index contributed by atoms with van der Waals surface area (Å²) in [7, 11) is -3.86. The lowest BCUT2D eigenvalue weighted by molar-refractivity contribution is -0.123. The first kappa shape index (κ1) is 23.9. The summed E-state index contributed by atoms with van der Waals surface area (Å²) >= 11 is 6.08. The molecule has 0 saturated heterocycles. The van der Waals surface area contributed by atoms with Crippen LogP contribution in [-0.4, -0.2) is 43.8 Å². The van der Waals surface area contributed by atoms with Crippen molar-refractivity contribution in [3.05, 3.63) is 58.6 Å². The molecule has 0 spiro atoms. The molecule has 0 bridgehead atoms. The van der Waals surface area contributed by atoms with Crippen molar-refractivity contribution >= 4 is 39.2 Å². The van der Waals surface area contributed by atoms with E-state index in [1.165, 1.54) is 29.4 Å². The van der Waals surface area contributed by atoms with Crippen molar-refractivity contribution < 1.29 is 22.7 Å². The largest absolute Gasteiger partial charge is 0.449 e. The SMILES string of the molecule is CCN(CC)S(=O)(=O)c1cc(C(=O)OC(C)C(=O)Nc2ccccc2C)ccc1Cl. The third-order valence-corrected chi connectivity index (χ3v) is 7.08. The Morgan fingerprint density at radius 2 is 1.77 bits per heavy atom. The summed E-state index contributed by atoms with van der Waals surface area (Å²) in [5.41, 5.74) is 1.47. The van der Waals surface area contributed by atoms with Crippen LogP contribution in [-0.2, 0) is 19.6 Å². The zero-order valence-corrected chi connectivity index (χ0v) is 18.9. The predicted molar refractivity (Wildman–Crippen MR) is 116 cm³/mol. The minimum absolute atomic E-state index is 0.00351. The summed E-state index contributed by atoms with van der Waals surface area (Å²) in [5.74, 6) is -1.32. The second kappa shape index (κ2) is 10.1. The van der Waals surface area contributed by atoms with Crippen LogP contribution in [0, 0.1) is 6.92 Å². The molecule has 2 aromatic carbocycles. The molecule has 0 aromatic heterocycles. The van der Waals surface area contributed by atoms with Gasteiger partial charge in [0.05, 0.1) is 10.6 Å². The van der Waals surface area contributed by atoms with E-state index in [9.17, 15) is 18.0 Å². The molecule has 2 rings (SSSR count). The van der Waals surface area contributed by atoms with Crippen LogP contribution < -0.4 is 5.32 Å². The van der Waals surface area contributed by atoms with E-state index in [0.29, 0.717) is 5.69 Å². The van der Waals surface area contributed by atoms with Gasteiger partial charge in [-0.3, -0.25) is 4.79 Å². The molecule has 0 heterocycles. The smallest absolute Gasteiger partial charge is 0.338 e. The predicted octanol–water partition coefficient (Wildman–Crippen LogP) is 3.86. The summed E-state index contributed by atoms with van der Waals surface area (Å²) in [6.45, 7) is 7.23. The van der Waals surface area contributed by atoms with Crippen LogP contribution in [0.15, 0.2) is 47.4 Å². The molecule has 9 heteroatoms. The summed E-state index contributed by atoms with van der Waals surface area (Å²) < 4.78 is 32.0. The van der Waals surface area contributed by atoms with Crippen molar-refractivity contribution in [2.24, 2.45) is 0 Å². The highest BCUT2D eigenvalue weighted by atomic mass is 35.5. The van der Waals surface area contributed by atoms with Gasteiger partial charge in [-0.1, -0.05) is 43.6 Å². The van der Waals surface area contributed by atoms with Crippen molar-refractivity contribution in [2.75, 3.05) is 18.4 Å². The number of carbonyl (C=O) groups is 2. The Bertz CT molecular complexity index is 1040. The van der Waals surface area contributed by atoms with Gasteiger partial charge in [-0.05, 0) is 43.7 Å². The highest BCUT2D eigenvalue weighted by Gasteiger charge is 2.27. The average Bonchev–Trinajstić information content (AvgIpc) is 2.70. The molecule has 7 nitrogen and oxygen atoms in total. The van der Waals surface area contributed by atoms with Crippen LogP contribution in [0.3, 0.4) is 0 Å². The Morgan fingerprint density at radius 3 is 2.37 bits per heavy atom. The molecule has 0 saturated carbocycles. The number of esters is 1. The molecule has 0 fully saturated rings. The van der Waals surface area contributed by atoms with Gasteiger partial charge in [0, 0.05) is 18.8 Å². The number of hydrogen-bond acceptors (Lipinski definition) is 5. The van der Waals surface area contributed by atoms with Crippen LogP contribution in [0.5, 0.6) is 0 Å². The fourth-order valence-electron chi connectivity index (χ4n) is 2.76. The number of anilines is 1. The number of amides is 1. The van der Waals surface area contributed by atoms with Gasteiger partial charge in [0.25, 0.3) is 5.91 Å². The quantitative estimate of drug-likeness (QED) is 0.614. The molecule has 0 aliphatic heterocycles. The number of para-hydroxylation sites is 1. The summed E-state index contributed by atoms with van der Waals surface area (Å²) in [6.07, 6.45) is -1.09. The molecule has 30 heavy (non-hydrogen) atoms. The van der Waals surface area contributed by atoms with Crippen LogP contribution in [0.2, 0.25) is 5.02 Å². The van der Waals surface area contributed by atoms with E-state index in [-0.39, 0.29) is 28.6 Å². The molecule has 162 valence electrons. The van der Waals surface area contributed by atoms with E-state index >= 15 is 0 Å². The van der Waals surface area contributed by atoms with Crippen molar-refractivity contribution in [1.29, 1.82) is 0 Å². The van der Waals surface area contributed by atoms with Gasteiger partial charge in [-0.15, -0.1) is 0 Å². The third kappa shape index (κ3) is 5.38. The summed E-state index contributed by atoms with van der Waals surface area (Å²) in [4.78, 5) is 24.7. The van der Waals surface area contributed by atoms with Gasteiger partial charge in [0.2, 0.25) is 10.0 Å². The first-order chi connectivity index (χ1) is 14.1. The lowest BCUT2D eigenvalue weighted by Crippen LogP contribution is -2.31. The van der Waals surface area contributed by atoms with Crippen molar-refractivity contribution in [2.45, 2.75) is 38.7 Å². The number of nitrogens with one attached hydrogen (secondary N) is 1. The molecule has 0 radical (unpaired) electrons. The number of aryl methyl sites for hydroxylation is 1. The molecule has 0 aliphatic carbocycles. The van der Waals surface area contributed by atoms with Gasteiger partial charge >= 0.3 is 5.97 Å². The third-order valence-electron chi connectivity index (χ3n) is 4.55. The zero-order chi connectivity index (χ0) is 22.5. The average molecular weight is 453 g/mol. The first-order valence-electron chi connectivity index (χ1n) is 9.49.